The lowest BCUT2D eigenvalue weighted by atomic mass is 9.78. The topological polar surface area (TPSA) is 65.6 Å². The average Bonchev–Trinajstić information content (AvgIpc) is 3.35. The first-order chi connectivity index (χ1) is 16.5. The third-order valence-electron chi connectivity index (χ3n) is 7.31. The zero-order chi connectivity index (χ0) is 23.4. The summed E-state index contributed by atoms with van der Waals surface area (Å²) in [7, 11) is 1.66. The molecule has 1 fully saturated rings. The highest BCUT2D eigenvalue weighted by Gasteiger charge is 2.60. The zero-order valence-electron chi connectivity index (χ0n) is 19.1. The number of benzene rings is 3. The van der Waals surface area contributed by atoms with Gasteiger partial charge in [-0.2, -0.15) is 0 Å². The largest absolute Gasteiger partial charge is 0.496 e. The Balaban J connectivity index is 1.55. The molecule has 0 radical (unpaired) electrons. The smallest absolute Gasteiger partial charge is 0.328 e. The van der Waals surface area contributed by atoms with Crippen LogP contribution in [0.4, 0.5) is 4.79 Å². The predicted octanol–water partition coefficient (Wildman–Crippen LogP) is 5.00. The van der Waals surface area contributed by atoms with E-state index in [0.29, 0.717) is 6.54 Å². The molecule has 2 aliphatic rings. The van der Waals surface area contributed by atoms with Crippen molar-refractivity contribution < 1.29 is 14.3 Å². The first kappa shape index (κ1) is 20.5. The minimum Gasteiger partial charge on any atom is -0.496 e. The summed E-state index contributed by atoms with van der Waals surface area (Å²) >= 11 is 0. The second-order valence-electron chi connectivity index (χ2n) is 9.10. The summed E-state index contributed by atoms with van der Waals surface area (Å²) in [5.74, 6) is 0.433. The summed E-state index contributed by atoms with van der Waals surface area (Å²) in [6.45, 7) is 2.51. The number of aromatic nitrogens is 1. The molecule has 6 rings (SSSR count). The standard InChI is InChI=1S/C28H25N3O3/c1-28-25-24(20-13-6-8-14-22(20)29-25)21(19-12-7-9-15-23(19)34-2)17-31(28)27(33)30(26(28)32)16-18-10-4-3-5-11-18/h3-15,21,29H,16-17H2,1-2H3/t21-,28-/m0/s1. The number of nitrogens with zero attached hydrogens (tertiary/aromatic N) is 2. The van der Waals surface area contributed by atoms with Crippen molar-refractivity contribution in [2.24, 2.45) is 0 Å². The minimum absolute atomic E-state index is 0.135. The molecular formula is C28H25N3O3. The van der Waals surface area contributed by atoms with Gasteiger partial charge in [0.2, 0.25) is 0 Å². The number of hydrogen-bond donors (Lipinski definition) is 1. The van der Waals surface area contributed by atoms with Crippen LogP contribution in [0.2, 0.25) is 0 Å². The molecule has 3 aromatic carbocycles. The van der Waals surface area contributed by atoms with Crippen LogP contribution in [0.15, 0.2) is 78.9 Å². The summed E-state index contributed by atoms with van der Waals surface area (Å²) in [5.41, 5.74) is 3.62. The Bertz CT molecular complexity index is 1430. The fraction of sp³-hybridized carbons (Fsp3) is 0.214. The number of carbonyl (C=O) groups is 2. The lowest BCUT2D eigenvalue weighted by molar-refractivity contribution is -0.133. The van der Waals surface area contributed by atoms with Crippen LogP contribution in [-0.4, -0.2) is 40.4 Å². The summed E-state index contributed by atoms with van der Waals surface area (Å²) in [5, 5.41) is 1.07. The van der Waals surface area contributed by atoms with Gasteiger partial charge in [0, 0.05) is 28.9 Å². The number of hydrogen-bond acceptors (Lipinski definition) is 3. The van der Waals surface area contributed by atoms with E-state index in [2.05, 4.69) is 11.1 Å². The highest BCUT2D eigenvalue weighted by atomic mass is 16.5. The summed E-state index contributed by atoms with van der Waals surface area (Å²) in [6.07, 6.45) is 0. The van der Waals surface area contributed by atoms with Crippen LogP contribution in [0.25, 0.3) is 10.9 Å². The molecule has 4 aromatic rings. The maximum Gasteiger partial charge on any atom is 0.328 e. The molecule has 6 heteroatoms. The molecule has 3 heterocycles. The van der Waals surface area contributed by atoms with E-state index in [1.165, 1.54) is 4.90 Å². The van der Waals surface area contributed by atoms with Crippen molar-refractivity contribution in [2.75, 3.05) is 13.7 Å². The maximum absolute atomic E-state index is 13.9. The average molecular weight is 452 g/mol. The molecule has 3 amide bonds. The van der Waals surface area contributed by atoms with Gasteiger partial charge in [0.15, 0.2) is 5.54 Å². The number of para-hydroxylation sites is 2. The normalized spacial score (nSPS) is 21.6. The van der Waals surface area contributed by atoms with Crippen LogP contribution in [0.3, 0.4) is 0 Å². The van der Waals surface area contributed by atoms with Crippen LogP contribution in [0.5, 0.6) is 5.75 Å². The Labute approximate surface area is 197 Å². The van der Waals surface area contributed by atoms with Crippen LogP contribution in [-0.2, 0) is 16.9 Å². The number of amides is 3. The number of nitrogens with one attached hydrogen (secondary N) is 1. The fourth-order valence-electron chi connectivity index (χ4n) is 5.60. The van der Waals surface area contributed by atoms with E-state index in [1.807, 2.05) is 79.7 Å². The second kappa shape index (κ2) is 7.48. The number of methoxy groups -OCH3 is 1. The number of aromatic amines is 1. The molecule has 0 bridgehead atoms. The quantitative estimate of drug-likeness (QED) is 0.444. The van der Waals surface area contributed by atoms with Crippen molar-refractivity contribution in [1.82, 2.24) is 14.8 Å². The Kier molecular flexibility index (Phi) is 4.52. The number of rotatable bonds is 4. The number of fused-ring (bicyclic) bond motifs is 5. The van der Waals surface area contributed by atoms with E-state index >= 15 is 0 Å². The summed E-state index contributed by atoms with van der Waals surface area (Å²) < 4.78 is 5.70. The van der Waals surface area contributed by atoms with Gasteiger partial charge >= 0.3 is 6.03 Å². The molecule has 2 atom stereocenters. The predicted molar refractivity (Wildman–Crippen MR) is 130 cm³/mol. The van der Waals surface area contributed by atoms with Gasteiger partial charge in [0.25, 0.3) is 5.91 Å². The molecular weight excluding hydrogens is 426 g/mol. The molecule has 0 spiro atoms. The first-order valence-electron chi connectivity index (χ1n) is 11.5. The third-order valence-corrected chi connectivity index (χ3v) is 7.31. The lowest BCUT2D eigenvalue weighted by Gasteiger charge is -2.40. The Hall–Kier alpha value is -4.06. The van der Waals surface area contributed by atoms with Gasteiger partial charge in [-0.25, -0.2) is 4.79 Å². The molecule has 6 nitrogen and oxygen atoms in total. The molecule has 34 heavy (non-hydrogen) atoms. The molecule has 0 unspecified atom stereocenters. The van der Waals surface area contributed by atoms with Crippen molar-refractivity contribution >= 4 is 22.8 Å². The van der Waals surface area contributed by atoms with Crippen molar-refractivity contribution in [1.29, 1.82) is 0 Å². The van der Waals surface area contributed by atoms with E-state index in [-0.39, 0.29) is 24.4 Å². The van der Waals surface area contributed by atoms with Crippen molar-refractivity contribution in [3.8, 4) is 5.75 Å². The van der Waals surface area contributed by atoms with Gasteiger partial charge in [-0.15, -0.1) is 0 Å². The number of imide groups is 1. The molecule has 1 N–H and O–H groups in total. The Morgan fingerprint density at radius 3 is 2.47 bits per heavy atom. The van der Waals surface area contributed by atoms with Crippen LogP contribution in [0.1, 0.15) is 35.2 Å². The lowest BCUT2D eigenvalue weighted by Crippen LogP contribution is -2.50. The van der Waals surface area contributed by atoms with E-state index in [1.54, 1.807) is 12.0 Å². The van der Waals surface area contributed by atoms with E-state index in [4.69, 9.17) is 4.74 Å². The van der Waals surface area contributed by atoms with Gasteiger partial charge in [-0.1, -0.05) is 66.7 Å². The molecule has 0 saturated carbocycles. The summed E-state index contributed by atoms with van der Waals surface area (Å²) in [4.78, 5) is 34.2. The van der Waals surface area contributed by atoms with Crippen LogP contribution >= 0.6 is 0 Å². The molecule has 170 valence electrons. The van der Waals surface area contributed by atoms with Crippen LogP contribution < -0.4 is 4.74 Å². The Morgan fingerprint density at radius 2 is 1.68 bits per heavy atom. The number of urea groups is 1. The van der Waals surface area contributed by atoms with Gasteiger partial charge in [-0.3, -0.25) is 9.69 Å². The highest BCUT2D eigenvalue weighted by molar-refractivity contribution is 6.08. The molecule has 0 aliphatic carbocycles. The van der Waals surface area contributed by atoms with E-state index in [0.717, 1.165) is 39.0 Å². The third kappa shape index (κ3) is 2.75. The van der Waals surface area contributed by atoms with Gasteiger partial charge in [-0.05, 0) is 30.2 Å². The fourth-order valence-corrected chi connectivity index (χ4v) is 5.60. The minimum atomic E-state index is -1.10. The number of carbonyl (C=O) groups excluding carboxylic acids is 2. The molecule has 1 aromatic heterocycles. The van der Waals surface area contributed by atoms with Crippen molar-refractivity contribution in [3.05, 3.63) is 101 Å². The van der Waals surface area contributed by atoms with E-state index < -0.39 is 5.54 Å². The first-order valence-corrected chi connectivity index (χ1v) is 11.5. The number of ether oxygens (including phenoxy) is 1. The van der Waals surface area contributed by atoms with E-state index in [9.17, 15) is 9.59 Å². The maximum atomic E-state index is 13.9. The molecule has 1 saturated heterocycles. The summed E-state index contributed by atoms with van der Waals surface area (Å²) in [6, 6.07) is 25.4. The van der Waals surface area contributed by atoms with Crippen LogP contribution in [0, 0.1) is 0 Å². The van der Waals surface area contributed by atoms with Gasteiger partial charge in [0.05, 0.1) is 19.3 Å². The number of H-pyrrole nitrogens is 1. The second-order valence-corrected chi connectivity index (χ2v) is 9.10. The molecule has 2 aliphatic heterocycles. The van der Waals surface area contributed by atoms with Gasteiger partial charge in [0.1, 0.15) is 5.75 Å². The van der Waals surface area contributed by atoms with Crippen molar-refractivity contribution in [2.45, 2.75) is 24.9 Å². The monoisotopic (exact) mass is 451 g/mol. The zero-order valence-corrected chi connectivity index (χ0v) is 19.1. The Morgan fingerprint density at radius 1 is 0.971 bits per heavy atom. The van der Waals surface area contributed by atoms with Gasteiger partial charge < -0.3 is 14.6 Å². The van der Waals surface area contributed by atoms with Crippen molar-refractivity contribution in [3.63, 3.8) is 0 Å². The highest BCUT2D eigenvalue weighted by Crippen LogP contribution is 2.50. The SMILES string of the molecule is COc1ccccc1[C@@H]1CN2C(=O)N(Cc3ccccc3)C(=O)[C@]2(C)c2[nH]c3ccccc3c21.